The van der Waals surface area contributed by atoms with Crippen LogP contribution in [0.4, 0.5) is 8.78 Å². The van der Waals surface area contributed by atoms with Gasteiger partial charge in [0.1, 0.15) is 17.4 Å². The van der Waals surface area contributed by atoms with Crippen LogP contribution in [0.25, 0.3) is 0 Å². The summed E-state index contributed by atoms with van der Waals surface area (Å²) in [5.41, 5.74) is 0.111. The van der Waals surface area contributed by atoms with Crippen molar-refractivity contribution < 1.29 is 13.5 Å². The first-order valence-electron chi connectivity index (χ1n) is 8.24. The molecule has 0 saturated carbocycles. The number of halogens is 2. The van der Waals surface area contributed by atoms with Gasteiger partial charge in [0, 0.05) is 36.5 Å². The lowest BCUT2D eigenvalue weighted by Crippen LogP contribution is -2.44. The molecule has 1 unspecified atom stereocenters. The summed E-state index contributed by atoms with van der Waals surface area (Å²) in [4.78, 5) is 6.09. The lowest BCUT2D eigenvalue weighted by Gasteiger charge is -2.40. The highest BCUT2D eigenvalue weighted by Gasteiger charge is 2.32. The first-order chi connectivity index (χ1) is 11.6. The van der Waals surface area contributed by atoms with Crippen LogP contribution in [-0.2, 0) is 6.54 Å². The molecule has 1 aliphatic heterocycles. The molecule has 0 N–H and O–H groups in total. The maximum atomic E-state index is 13.9. The predicted octanol–water partition coefficient (Wildman–Crippen LogP) is 4.04. The Balaban J connectivity index is 1.63. The molecule has 0 radical (unpaired) electrons. The van der Waals surface area contributed by atoms with Gasteiger partial charge in [-0.25, -0.2) is 8.78 Å². The lowest BCUT2D eigenvalue weighted by molar-refractivity contribution is 0.0512. The molecule has 0 aliphatic carbocycles. The summed E-state index contributed by atoms with van der Waals surface area (Å²) in [6.07, 6.45) is 5.43. The molecule has 0 bridgehead atoms. The SMILES string of the molecule is CC1(COc2ccncc2)CCCN(Cc2c(F)cccc2F)C1. The van der Waals surface area contributed by atoms with Crippen LogP contribution in [0, 0.1) is 17.0 Å². The zero-order valence-electron chi connectivity index (χ0n) is 13.8. The molecule has 2 aromatic rings. The van der Waals surface area contributed by atoms with Gasteiger partial charge in [-0.3, -0.25) is 9.88 Å². The fraction of sp³-hybridized carbons (Fsp3) is 0.421. The van der Waals surface area contributed by atoms with Crippen LogP contribution in [0.1, 0.15) is 25.3 Å². The first-order valence-corrected chi connectivity index (χ1v) is 8.24. The number of rotatable bonds is 5. The maximum absolute atomic E-state index is 13.9. The standard InChI is InChI=1S/C19H22F2N2O/c1-19(14-24-15-6-9-22-10-7-15)8-3-11-23(13-19)12-16-17(20)4-2-5-18(16)21/h2,4-7,9-10H,3,8,11-14H2,1H3. The fourth-order valence-electron chi connectivity index (χ4n) is 3.28. The summed E-state index contributed by atoms with van der Waals surface area (Å²) >= 11 is 0. The van der Waals surface area contributed by atoms with Crippen LogP contribution < -0.4 is 4.74 Å². The van der Waals surface area contributed by atoms with Crippen molar-refractivity contribution in [2.75, 3.05) is 19.7 Å². The molecule has 3 nitrogen and oxygen atoms in total. The number of ether oxygens (including phenoxy) is 1. The number of likely N-dealkylation sites (tertiary alicyclic amines) is 1. The van der Waals surface area contributed by atoms with Gasteiger partial charge in [0.15, 0.2) is 0 Å². The van der Waals surface area contributed by atoms with E-state index in [4.69, 9.17) is 4.74 Å². The average Bonchev–Trinajstić information content (AvgIpc) is 2.58. The minimum atomic E-state index is -0.477. The summed E-state index contributed by atoms with van der Waals surface area (Å²) < 4.78 is 33.6. The van der Waals surface area contributed by atoms with Crippen molar-refractivity contribution in [3.05, 3.63) is 59.9 Å². The molecule has 1 aromatic heterocycles. The summed E-state index contributed by atoms with van der Waals surface area (Å²) in [6, 6.07) is 7.69. The van der Waals surface area contributed by atoms with Crippen LogP contribution in [-0.4, -0.2) is 29.6 Å². The Morgan fingerprint density at radius 1 is 1.17 bits per heavy atom. The fourth-order valence-corrected chi connectivity index (χ4v) is 3.28. The van der Waals surface area contributed by atoms with Gasteiger partial charge >= 0.3 is 0 Å². The second kappa shape index (κ2) is 7.26. The molecular weight excluding hydrogens is 310 g/mol. The largest absolute Gasteiger partial charge is 0.493 e. The summed E-state index contributed by atoms with van der Waals surface area (Å²) in [5, 5.41) is 0. The Bertz CT molecular complexity index is 660. The van der Waals surface area contributed by atoms with Crippen molar-refractivity contribution in [3.63, 3.8) is 0 Å². The topological polar surface area (TPSA) is 25.4 Å². The molecular formula is C19H22F2N2O. The number of hydrogen-bond acceptors (Lipinski definition) is 3. The van der Waals surface area contributed by atoms with Gasteiger partial charge in [0.2, 0.25) is 0 Å². The minimum Gasteiger partial charge on any atom is -0.493 e. The molecule has 0 amide bonds. The number of aromatic nitrogens is 1. The highest BCUT2D eigenvalue weighted by molar-refractivity contribution is 5.20. The van der Waals surface area contributed by atoms with Gasteiger partial charge in [-0.15, -0.1) is 0 Å². The molecule has 1 saturated heterocycles. The van der Waals surface area contributed by atoms with E-state index < -0.39 is 11.6 Å². The molecule has 1 atom stereocenters. The average molecular weight is 332 g/mol. The van der Waals surface area contributed by atoms with Crippen LogP contribution in [0.3, 0.4) is 0 Å². The van der Waals surface area contributed by atoms with Gasteiger partial charge in [-0.05, 0) is 43.7 Å². The van der Waals surface area contributed by atoms with E-state index in [1.54, 1.807) is 12.4 Å². The van der Waals surface area contributed by atoms with E-state index in [2.05, 4.69) is 16.8 Å². The second-order valence-corrected chi connectivity index (χ2v) is 6.80. The first kappa shape index (κ1) is 16.8. The number of piperidine rings is 1. The van der Waals surface area contributed by atoms with E-state index in [1.165, 1.54) is 18.2 Å². The maximum Gasteiger partial charge on any atom is 0.130 e. The van der Waals surface area contributed by atoms with E-state index in [-0.39, 0.29) is 11.0 Å². The van der Waals surface area contributed by atoms with Gasteiger partial charge < -0.3 is 4.74 Å². The Morgan fingerprint density at radius 3 is 2.58 bits per heavy atom. The minimum absolute atomic E-state index is 0.0384. The van der Waals surface area contributed by atoms with Crippen LogP contribution >= 0.6 is 0 Å². The molecule has 5 heteroatoms. The van der Waals surface area contributed by atoms with Crippen molar-refractivity contribution in [1.82, 2.24) is 9.88 Å². The predicted molar refractivity (Wildman–Crippen MR) is 88.7 cm³/mol. The quantitative estimate of drug-likeness (QED) is 0.826. The summed E-state index contributed by atoms with van der Waals surface area (Å²) in [5.74, 6) is -0.158. The van der Waals surface area contributed by atoms with E-state index in [9.17, 15) is 8.78 Å². The normalized spacial score (nSPS) is 21.6. The van der Waals surface area contributed by atoms with Crippen molar-refractivity contribution in [2.24, 2.45) is 5.41 Å². The second-order valence-electron chi connectivity index (χ2n) is 6.80. The van der Waals surface area contributed by atoms with Crippen molar-refractivity contribution in [3.8, 4) is 5.75 Å². The molecule has 2 heterocycles. The number of benzene rings is 1. The van der Waals surface area contributed by atoms with Gasteiger partial charge in [-0.2, -0.15) is 0 Å². The molecule has 0 spiro atoms. The van der Waals surface area contributed by atoms with E-state index in [1.807, 2.05) is 12.1 Å². The highest BCUT2D eigenvalue weighted by Crippen LogP contribution is 2.31. The molecule has 1 fully saturated rings. The monoisotopic (exact) mass is 332 g/mol. The Kier molecular flexibility index (Phi) is 5.09. The van der Waals surface area contributed by atoms with Crippen molar-refractivity contribution in [2.45, 2.75) is 26.3 Å². The van der Waals surface area contributed by atoms with Crippen molar-refractivity contribution >= 4 is 0 Å². The molecule has 3 rings (SSSR count). The van der Waals surface area contributed by atoms with E-state index >= 15 is 0 Å². The smallest absolute Gasteiger partial charge is 0.130 e. The molecule has 24 heavy (non-hydrogen) atoms. The summed E-state index contributed by atoms with van der Waals surface area (Å²) in [7, 11) is 0. The Morgan fingerprint density at radius 2 is 1.88 bits per heavy atom. The third kappa shape index (κ3) is 4.09. The lowest BCUT2D eigenvalue weighted by atomic mass is 9.82. The van der Waals surface area contributed by atoms with E-state index in [0.717, 1.165) is 31.7 Å². The van der Waals surface area contributed by atoms with Crippen molar-refractivity contribution in [1.29, 1.82) is 0 Å². The van der Waals surface area contributed by atoms with Crippen LogP contribution in [0.2, 0.25) is 0 Å². The zero-order chi connectivity index (χ0) is 17.0. The molecule has 1 aliphatic rings. The Hall–Kier alpha value is -2.01. The number of nitrogens with zero attached hydrogens (tertiary/aromatic N) is 2. The van der Waals surface area contributed by atoms with Gasteiger partial charge in [0.25, 0.3) is 0 Å². The highest BCUT2D eigenvalue weighted by atomic mass is 19.1. The molecule has 128 valence electrons. The third-order valence-corrected chi connectivity index (χ3v) is 4.54. The third-order valence-electron chi connectivity index (χ3n) is 4.54. The number of hydrogen-bond donors (Lipinski definition) is 0. The number of pyridine rings is 1. The Labute approximate surface area is 141 Å². The van der Waals surface area contributed by atoms with Crippen LogP contribution in [0.15, 0.2) is 42.7 Å². The molecule has 1 aromatic carbocycles. The van der Waals surface area contributed by atoms with E-state index in [0.29, 0.717) is 13.2 Å². The van der Waals surface area contributed by atoms with Crippen LogP contribution in [0.5, 0.6) is 5.75 Å². The van der Waals surface area contributed by atoms with Gasteiger partial charge in [-0.1, -0.05) is 13.0 Å². The van der Waals surface area contributed by atoms with Gasteiger partial charge in [0.05, 0.1) is 6.61 Å². The summed E-state index contributed by atoms with van der Waals surface area (Å²) in [6.45, 7) is 4.64. The zero-order valence-corrected chi connectivity index (χ0v) is 13.8.